The van der Waals surface area contributed by atoms with Crippen LogP contribution in [0.2, 0.25) is 0 Å². The van der Waals surface area contributed by atoms with Crippen LogP contribution in [0, 0.1) is 0 Å². The molecule has 0 aliphatic rings. The zero-order chi connectivity index (χ0) is 18.4. The molecule has 0 saturated heterocycles. The van der Waals surface area contributed by atoms with E-state index in [9.17, 15) is 9.59 Å². The minimum absolute atomic E-state index is 0.0192. The zero-order valence-electron chi connectivity index (χ0n) is 15.1. The molecular weight excluding hydrogens is 316 g/mol. The Labute approximate surface area is 148 Å². The van der Waals surface area contributed by atoms with Gasteiger partial charge in [0.1, 0.15) is 5.75 Å². The fraction of sp³-hybridized carbons (Fsp3) is 0.300. The maximum absolute atomic E-state index is 12.6. The number of para-hydroxylation sites is 1. The van der Waals surface area contributed by atoms with Gasteiger partial charge in [-0.15, -0.1) is 0 Å². The van der Waals surface area contributed by atoms with Gasteiger partial charge in [-0.3, -0.25) is 9.59 Å². The van der Waals surface area contributed by atoms with Gasteiger partial charge >= 0.3 is 0 Å². The van der Waals surface area contributed by atoms with Crippen LogP contribution < -0.4 is 10.1 Å². The molecule has 0 spiro atoms. The van der Waals surface area contributed by atoms with Crippen molar-refractivity contribution < 1.29 is 14.3 Å². The molecule has 0 bridgehead atoms. The van der Waals surface area contributed by atoms with Gasteiger partial charge < -0.3 is 15.0 Å². The van der Waals surface area contributed by atoms with Crippen molar-refractivity contribution in [2.75, 3.05) is 19.5 Å². The molecule has 132 valence electrons. The van der Waals surface area contributed by atoms with E-state index in [2.05, 4.69) is 5.32 Å². The van der Waals surface area contributed by atoms with Gasteiger partial charge in [0, 0.05) is 25.2 Å². The maximum Gasteiger partial charge on any atom is 0.227 e. The molecule has 0 radical (unpaired) electrons. The van der Waals surface area contributed by atoms with Crippen LogP contribution >= 0.6 is 0 Å². The highest BCUT2D eigenvalue weighted by Crippen LogP contribution is 2.28. The molecular formula is C20H24N2O3. The third-order valence-electron chi connectivity index (χ3n) is 4.19. The van der Waals surface area contributed by atoms with E-state index >= 15 is 0 Å². The SMILES string of the molecule is COc1ccccc1C(C)N(C)C(=O)Cc1ccc(NC(C)=O)cc1. The predicted octanol–water partition coefficient (Wildman–Crippen LogP) is 3.42. The molecule has 1 atom stereocenters. The monoisotopic (exact) mass is 340 g/mol. The normalized spacial score (nSPS) is 11.5. The van der Waals surface area contributed by atoms with Crippen LogP contribution in [0.5, 0.6) is 5.75 Å². The number of rotatable bonds is 6. The molecule has 2 aromatic rings. The Morgan fingerprint density at radius 1 is 1.12 bits per heavy atom. The number of carbonyl (C=O) groups excluding carboxylic acids is 2. The summed E-state index contributed by atoms with van der Waals surface area (Å²) in [6.45, 7) is 3.45. The van der Waals surface area contributed by atoms with Crippen LogP contribution in [0.25, 0.3) is 0 Å². The lowest BCUT2D eigenvalue weighted by Crippen LogP contribution is -2.31. The molecule has 2 rings (SSSR count). The first-order valence-corrected chi connectivity index (χ1v) is 8.17. The van der Waals surface area contributed by atoms with Crippen molar-refractivity contribution >= 4 is 17.5 Å². The van der Waals surface area contributed by atoms with Crippen molar-refractivity contribution in [3.63, 3.8) is 0 Å². The number of ether oxygens (including phenoxy) is 1. The third kappa shape index (κ3) is 4.83. The van der Waals surface area contributed by atoms with Crippen molar-refractivity contribution in [2.45, 2.75) is 26.3 Å². The molecule has 1 N–H and O–H groups in total. The topological polar surface area (TPSA) is 58.6 Å². The number of carbonyl (C=O) groups is 2. The summed E-state index contributed by atoms with van der Waals surface area (Å²) in [5, 5.41) is 2.71. The van der Waals surface area contributed by atoms with Gasteiger partial charge in [0.15, 0.2) is 0 Å². The highest BCUT2D eigenvalue weighted by Gasteiger charge is 2.20. The van der Waals surface area contributed by atoms with Gasteiger partial charge in [-0.2, -0.15) is 0 Å². The van der Waals surface area contributed by atoms with Gasteiger partial charge in [0.25, 0.3) is 0 Å². The number of hydrogen-bond acceptors (Lipinski definition) is 3. The van der Waals surface area contributed by atoms with E-state index in [1.807, 2.05) is 43.3 Å². The molecule has 0 aliphatic heterocycles. The summed E-state index contributed by atoms with van der Waals surface area (Å²) in [7, 11) is 3.43. The number of nitrogens with zero attached hydrogens (tertiary/aromatic N) is 1. The Hall–Kier alpha value is -2.82. The highest BCUT2D eigenvalue weighted by molar-refractivity contribution is 5.88. The van der Waals surface area contributed by atoms with E-state index in [4.69, 9.17) is 4.74 Å². The van der Waals surface area contributed by atoms with Gasteiger partial charge in [-0.25, -0.2) is 0 Å². The lowest BCUT2D eigenvalue weighted by Gasteiger charge is -2.26. The number of nitrogens with one attached hydrogen (secondary N) is 1. The van der Waals surface area contributed by atoms with Crippen LogP contribution in [0.15, 0.2) is 48.5 Å². The van der Waals surface area contributed by atoms with Crippen LogP contribution in [-0.2, 0) is 16.0 Å². The molecule has 0 saturated carbocycles. The quantitative estimate of drug-likeness (QED) is 0.876. The smallest absolute Gasteiger partial charge is 0.227 e. The first-order chi connectivity index (χ1) is 11.9. The molecule has 1 unspecified atom stereocenters. The minimum atomic E-state index is -0.116. The Balaban J connectivity index is 2.05. The molecule has 0 aliphatic carbocycles. The molecule has 25 heavy (non-hydrogen) atoms. The largest absolute Gasteiger partial charge is 0.496 e. The number of methoxy groups -OCH3 is 1. The van der Waals surface area contributed by atoms with E-state index in [0.717, 1.165) is 22.6 Å². The Morgan fingerprint density at radius 2 is 1.76 bits per heavy atom. The van der Waals surface area contributed by atoms with E-state index in [1.54, 1.807) is 31.2 Å². The zero-order valence-corrected chi connectivity index (χ0v) is 15.1. The summed E-state index contributed by atoms with van der Waals surface area (Å²) in [5.74, 6) is 0.675. The molecule has 0 fully saturated rings. The number of amides is 2. The van der Waals surface area contributed by atoms with Crippen LogP contribution in [0.4, 0.5) is 5.69 Å². The summed E-state index contributed by atoms with van der Waals surface area (Å²) < 4.78 is 5.39. The third-order valence-corrected chi connectivity index (χ3v) is 4.19. The van der Waals surface area contributed by atoms with E-state index < -0.39 is 0 Å². The lowest BCUT2D eigenvalue weighted by atomic mass is 10.0. The maximum atomic E-state index is 12.6. The van der Waals surface area contributed by atoms with Crippen LogP contribution in [0.1, 0.15) is 31.0 Å². The molecule has 5 nitrogen and oxygen atoms in total. The van der Waals surface area contributed by atoms with Crippen molar-refractivity contribution in [3.05, 3.63) is 59.7 Å². The van der Waals surface area contributed by atoms with Gasteiger partial charge in [0.2, 0.25) is 11.8 Å². The van der Waals surface area contributed by atoms with Gasteiger partial charge in [0.05, 0.1) is 19.6 Å². The van der Waals surface area contributed by atoms with E-state index in [1.165, 1.54) is 6.92 Å². The summed E-state index contributed by atoms with van der Waals surface area (Å²) in [4.78, 5) is 25.4. The van der Waals surface area contributed by atoms with Crippen LogP contribution in [-0.4, -0.2) is 30.9 Å². The second-order valence-corrected chi connectivity index (χ2v) is 5.98. The Kier molecular flexibility index (Phi) is 6.17. The number of anilines is 1. The average molecular weight is 340 g/mol. The second kappa shape index (κ2) is 8.33. The summed E-state index contributed by atoms with van der Waals surface area (Å²) in [5.41, 5.74) is 2.60. The Morgan fingerprint density at radius 3 is 2.36 bits per heavy atom. The second-order valence-electron chi connectivity index (χ2n) is 5.98. The minimum Gasteiger partial charge on any atom is -0.496 e. The number of likely N-dealkylation sites (N-methyl/N-ethyl adjacent to an activating group) is 1. The predicted molar refractivity (Wildman–Crippen MR) is 98.6 cm³/mol. The summed E-state index contributed by atoms with van der Waals surface area (Å²) in [6, 6.07) is 14.9. The lowest BCUT2D eigenvalue weighted by molar-refractivity contribution is -0.131. The Bertz CT molecular complexity index is 741. The number of hydrogen-bond donors (Lipinski definition) is 1. The van der Waals surface area contributed by atoms with Gasteiger partial charge in [-0.05, 0) is 30.7 Å². The number of benzene rings is 2. The van der Waals surface area contributed by atoms with E-state index in [0.29, 0.717) is 6.42 Å². The van der Waals surface area contributed by atoms with Crippen LogP contribution in [0.3, 0.4) is 0 Å². The first-order valence-electron chi connectivity index (χ1n) is 8.17. The van der Waals surface area contributed by atoms with Crippen molar-refractivity contribution in [3.8, 4) is 5.75 Å². The van der Waals surface area contributed by atoms with Crippen molar-refractivity contribution in [2.24, 2.45) is 0 Å². The molecule has 0 aromatic heterocycles. The summed E-state index contributed by atoms with van der Waals surface area (Å²) >= 11 is 0. The van der Waals surface area contributed by atoms with Crippen molar-refractivity contribution in [1.29, 1.82) is 0 Å². The van der Waals surface area contributed by atoms with Gasteiger partial charge in [-0.1, -0.05) is 30.3 Å². The molecule has 5 heteroatoms. The highest BCUT2D eigenvalue weighted by atomic mass is 16.5. The van der Waals surface area contributed by atoms with E-state index in [-0.39, 0.29) is 17.9 Å². The average Bonchev–Trinajstić information content (AvgIpc) is 2.61. The molecule has 0 heterocycles. The van der Waals surface area contributed by atoms with Crippen molar-refractivity contribution in [1.82, 2.24) is 4.90 Å². The molecule has 2 amide bonds. The molecule has 2 aromatic carbocycles. The fourth-order valence-electron chi connectivity index (χ4n) is 2.64. The summed E-state index contributed by atoms with van der Waals surface area (Å²) in [6.07, 6.45) is 0.302. The fourth-order valence-corrected chi connectivity index (χ4v) is 2.64. The standard InChI is InChI=1S/C20H24N2O3/c1-14(18-7-5-6-8-19(18)25-4)22(3)20(24)13-16-9-11-17(12-10-16)21-15(2)23/h5-12,14H,13H2,1-4H3,(H,21,23). The first kappa shape index (κ1) is 18.5.